The molecule has 3 aromatic carbocycles. The number of aromatic hydroxyl groups is 1. The molecule has 5 aliphatic rings. The molecule has 2 atom stereocenters. The van der Waals surface area contributed by atoms with E-state index in [1.165, 1.54) is 24.8 Å². The molecule has 0 amide bonds. The van der Waals surface area contributed by atoms with Crippen molar-refractivity contribution in [2.75, 3.05) is 39.9 Å². The van der Waals surface area contributed by atoms with E-state index in [2.05, 4.69) is 39.5 Å². The monoisotopic (exact) mass is 855 g/mol. The number of H-pyrrole nitrogens is 1. The van der Waals surface area contributed by atoms with E-state index in [1.807, 2.05) is 0 Å². The van der Waals surface area contributed by atoms with Gasteiger partial charge in [-0.05, 0) is 118 Å². The van der Waals surface area contributed by atoms with E-state index in [-0.39, 0.29) is 53.9 Å². The lowest BCUT2D eigenvalue weighted by molar-refractivity contribution is -0.167. The number of carbonyl (C=O) groups is 2. The number of esters is 2. The van der Waals surface area contributed by atoms with Gasteiger partial charge in [-0.1, -0.05) is 61.2 Å². The maximum atomic E-state index is 14.1. The molecule has 3 saturated heterocycles. The smallest absolute Gasteiger partial charge is 0.344 e. The number of hydrogen-bond donors (Lipinski definition) is 4. The van der Waals surface area contributed by atoms with Crippen LogP contribution in [0, 0.1) is 11.8 Å². The molecule has 1 aromatic heterocycles. The van der Waals surface area contributed by atoms with Crippen molar-refractivity contribution in [3.63, 3.8) is 0 Å². The standard InChI is InChI=1S/C48H58ClN3O9/c1-58-41-25-42(38(49)24-33(41)26-50-27-40(54)36-12-14-39(53)46-37(36)13-15-44(55)51-46)59-29-45(56)60-35-10-8-30(9-11-35)22-31-6-5-7-34(23-31)48(18-3-2-4-19-48)47(57)61-43-28-52-20-16-32(43)17-21-52/h5-7,12-15,23-25,30,32,35,40,43,50,53-54H,2-4,8-11,16-22,26-29H2,1H3,(H,51,55)/t30?,35?,40-,43?/m0/s1. The van der Waals surface area contributed by atoms with Crippen molar-refractivity contribution in [2.24, 2.45) is 11.8 Å². The van der Waals surface area contributed by atoms with E-state index in [0.29, 0.717) is 45.7 Å². The van der Waals surface area contributed by atoms with Crippen molar-refractivity contribution in [2.45, 2.75) is 107 Å². The van der Waals surface area contributed by atoms with Crippen LogP contribution in [0.4, 0.5) is 0 Å². The summed E-state index contributed by atoms with van der Waals surface area (Å²) in [5.41, 5.74) is 2.98. The number of phenols is 1. The first-order valence-electron chi connectivity index (χ1n) is 22.0. The van der Waals surface area contributed by atoms with Crippen molar-refractivity contribution < 1.29 is 38.7 Å². The van der Waals surface area contributed by atoms with Gasteiger partial charge < -0.3 is 39.5 Å². The first kappa shape index (κ1) is 43.0. The number of aromatic nitrogens is 1. The van der Waals surface area contributed by atoms with Gasteiger partial charge >= 0.3 is 11.9 Å². The molecule has 5 fully saturated rings. The van der Waals surface area contributed by atoms with Gasteiger partial charge in [0.25, 0.3) is 0 Å². The minimum Gasteiger partial charge on any atom is -0.506 e. The number of carbonyl (C=O) groups excluding carboxylic acids is 2. The number of nitrogens with zero attached hydrogens (tertiary/aromatic N) is 1. The Hall–Kier alpha value is -4.62. The maximum absolute atomic E-state index is 14.1. The minimum absolute atomic E-state index is 0.0149. The van der Waals surface area contributed by atoms with Crippen LogP contribution in [0.25, 0.3) is 10.9 Å². The first-order valence-corrected chi connectivity index (χ1v) is 22.4. The van der Waals surface area contributed by atoms with E-state index in [4.69, 9.17) is 30.5 Å². The van der Waals surface area contributed by atoms with E-state index >= 15 is 0 Å². The second-order valence-electron chi connectivity index (χ2n) is 17.6. The average molecular weight is 856 g/mol. The number of ether oxygens (including phenoxy) is 4. The van der Waals surface area contributed by atoms with Gasteiger partial charge in [0.2, 0.25) is 5.56 Å². The zero-order valence-electron chi connectivity index (χ0n) is 35.0. The summed E-state index contributed by atoms with van der Waals surface area (Å²) in [5.74, 6) is 1.18. The summed E-state index contributed by atoms with van der Waals surface area (Å²) in [6, 6.07) is 18.0. The second kappa shape index (κ2) is 19.2. The Balaban J connectivity index is 0.798. The summed E-state index contributed by atoms with van der Waals surface area (Å²) in [7, 11) is 1.53. The predicted octanol–water partition coefficient (Wildman–Crippen LogP) is 7.28. The number of phenolic OH excluding ortho intramolecular Hbond substituents is 1. The highest BCUT2D eigenvalue weighted by atomic mass is 35.5. The van der Waals surface area contributed by atoms with Gasteiger partial charge in [-0.3, -0.25) is 14.5 Å². The molecule has 2 saturated carbocycles. The zero-order valence-corrected chi connectivity index (χ0v) is 35.7. The van der Waals surface area contributed by atoms with Crippen molar-refractivity contribution in [1.29, 1.82) is 0 Å². The number of pyridine rings is 1. The zero-order chi connectivity index (χ0) is 42.5. The molecule has 12 nitrogen and oxygen atoms in total. The molecule has 3 aliphatic heterocycles. The molecule has 4 N–H and O–H groups in total. The van der Waals surface area contributed by atoms with Crippen LogP contribution < -0.4 is 20.3 Å². The number of aliphatic hydroxyl groups is 1. The van der Waals surface area contributed by atoms with Gasteiger partial charge in [0.1, 0.15) is 29.5 Å². The van der Waals surface area contributed by atoms with Crippen molar-refractivity contribution >= 4 is 34.4 Å². The summed E-state index contributed by atoms with van der Waals surface area (Å²) in [6.45, 7) is 3.29. The van der Waals surface area contributed by atoms with Crippen LogP contribution in [0.5, 0.6) is 17.2 Å². The average Bonchev–Trinajstić information content (AvgIpc) is 3.27. The number of piperidine rings is 3. The van der Waals surface area contributed by atoms with Crippen LogP contribution >= 0.6 is 11.6 Å². The number of hydrogen-bond acceptors (Lipinski definition) is 11. The van der Waals surface area contributed by atoms with Crippen molar-refractivity contribution in [3.05, 3.63) is 98.3 Å². The van der Waals surface area contributed by atoms with Crippen molar-refractivity contribution in [3.8, 4) is 17.2 Å². The maximum Gasteiger partial charge on any atom is 0.344 e. The van der Waals surface area contributed by atoms with E-state index < -0.39 is 17.5 Å². The fraction of sp³-hybridized carbons (Fsp3) is 0.521. The van der Waals surface area contributed by atoms with Gasteiger partial charge in [0, 0.05) is 42.7 Å². The van der Waals surface area contributed by atoms with Gasteiger partial charge in [-0.25, -0.2) is 4.79 Å². The number of aliphatic hydroxyl groups excluding tert-OH is 1. The summed E-state index contributed by atoms with van der Waals surface area (Å²) in [6.07, 6.45) is 10.4. The molecule has 1 unspecified atom stereocenters. The van der Waals surface area contributed by atoms with E-state index in [9.17, 15) is 24.6 Å². The molecule has 61 heavy (non-hydrogen) atoms. The number of aromatic amines is 1. The van der Waals surface area contributed by atoms with Gasteiger partial charge in [0.05, 0.1) is 29.2 Å². The van der Waals surface area contributed by atoms with Gasteiger partial charge in [0.15, 0.2) is 6.61 Å². The molecular weight excluding hydrogens is 798 g/mol. The summed E-state index contributed by atoms with van der Waals surface area (Å²) in [4.78, 5) is 43.8. The lowest BCUT2D eigenvalue weighted by atomic mass is 9.68. The molecule has 0 radical (unpaired) electrons. The summed E-state index contributed by atoms with van der Waals surface area (Å²) in [5, 5.41) is 25.2. The van der Waals surface area contributed by atoms with E-state index in [1.54, 1.807) is 24.3 Å². The van der Waals surface area contributed by atoms with Gasteiger partial charge in [-0.15, -0.1) is 0 Å². The number of rotatable bonds is 15. The summed E-state index contributed by atoms with van der Waals surface area (Å²) >= 11 is 6.59. The third-order valence-electron chi connectivity index (χ3n) is 13.6. The topological polar surface area (TPSA) is 160 Å². The molecule has 9 rings (SSSR count). The Bertz CT molecular complexity index is 2240. The lowest BCUT2D eigenvalue weighted by Gasteiger charge is -2.45. The fourth-order valence-electron chi connectivity index (χ4n) is 10.2. The molecule has 4 aromatic rings. The minimum atomic E-state index is -0.937. The number of nitrogens with one attached hydrogen (secondary N) is 2. The summed E-state index contributed by atoms with van der Waals surface area (Å²) < 4.78 is 23.6. The largest absolute Gasteiger partial charge is 0.506 e. The van der Waals surface area contributed by atoms with Crippen LogP contribution in [0.3, 0.4) is 0 Å². The number of methoxy groups -OCH3 is 1. The Morgan fingerprint density at radius 3 is 2.48 bits per heavy atom. The lowest BCUT2D eigenvalue weighted by Crippen LogP contribution is -2.53. The third kappa shape index (κ3) is 9.88. The predicted molar refractivity (Wildman–Crippen MR) is 232 cm³/mol. The van der Waals surface area contributed by atoms with Crippen LogP contribution in [-0.4, -0.2) is 84.1 Å². The highest BCUT2D eigenvalue weighted by molar-refractivity contribution is 6.32. The van der Waals surface area contributed by atoms with Crippen LogP contribution in [0.2, 0.25) is 5.02 Å². The van der Waals surface area contributed by atoms with Crippen LogP contribution in [0.1, 0.15) is 99.0 Å². The number of benzene rings is 3. The molecular formula is C48H58ClN3O9. The normalized spacial score (nSPS) is 23.9. The number of halogens is 1. The molecule has 0 spiro atoms. The third-order valence-corrected chi connectivity index (χ3v) is 13.9. The molecule has 326 valence electrons. The van der Waals surface area contributed by atoms with E-state index in [0.717, 1.165) is 102 Å². The first-order chi connectivity index (χ1) is 29.6. The highest BCUT2D eigenvalue weighted by Crippen LogP contribution is 2.43. The highest BCUT2D eigenvalue weighted by Gasteiger charge is 2.46. The fourth-order valence-corrected chi connectivity index (χ4v) is 10.5. The number of fused-ring (bicyclic) bond motifs is 4. The Morgan fingerprint density at radius 1 is 0.951 bits per heavy atom. The van der Waals surface area contributed by atoms with Crippen LogP contribution in [-0.2, 0) is 37.4 Å². The molecule has 2 bridgehead atoms. The second-order valence-corrected chi connectivity index (χ2v) is 18.0. The van der Waals surface area contributed by atoms with Crippen LogP contribution in [0.15, 0.2) is 65.5 Å². The van der Waals surface area contributed by atoms with Crippen molar-refractivity contribution in [1.82, 2.24) is 15.2 Å². The Kier molecular flexibility index (Phi) is 13.5. The quantitative estimate of drug-likeness (QED) is 0.0891. The molecule has 13 heteroatoms. The Labute approximate surface area is 361 Å². The molecule has 2 aliphatic carbocycles. The Morgan fingerprint density at radius 2 is 1.74 bits per heavy atom. The SMILES string of the molecule is COc1cc(OCC(=O)OC2CCC(Cc3cccc(C4(C(=O)OC5CN6CCC5CC6)CCCCC4)c3)CC2)c(Cl)cc1CNC[C@H](O)c1ccc(O)c2[nH]c(=O)ccc12. The van der Waals surface area contributed by atoms with Gasteiger partial charge in [-0.2, -0.15) is 0 Å². The molecule has 4 heterocycles.